The molecule has 0 spiro atoms. The first kappa shape index (κ1) is 14.3. The van der Waals surface area contributed by atoms with Crippen LogP contribution in [-0.4, -0.2) is 42.4 Å². The number of hydrogen-bond acceptors (Lipinski definition) is 3. The number of carbonyl (C=O) groups is 2. The van der Waals surface area contributed by atoms with Crippen LogP contribution < -0.4 is 11.1 Å². The lowest BCUT2D eigenvalue weighted by molar-refractivity contribution is -0.136. The quantitative estimate of drug-likeness (QED) is 0.761. The zero-order valence-electron chi connectivity index (χ0n) is 11.7. The smallest absolute Gasteiger partial charge is 0.225 e. The Kier molecular flexibility index (Phi) is 4.80. The van der Waals surface area contributed by atoms with Gasteiger partial charge in [0.25, 0.3) is 0 Å². The number of hydrogen-bond donors (Lipinski definition) is 2. The summed E-state index contributed by atoms with van der Waals surface area (Å²) < 4.78 is 0. The summed E-state index contributed by atoms with van der Waals surface area (Å²) in [5.74, 6) is 0.700. The van der Waals surface area contributed by atoms with Crippen molar-refractivity contribution in [3.05, 3.63) is 0 Å². The second-order valence-electron chi connectivity index (χ2n) is 5.86. The fourth-order valence-corrected chi connectivity index (χ4v) is 2.59. The van der Waals surface area contributed by atoms with Crippen molar-refractivity contribution in [2.24, 2.45) is 17.6 Å². The van der Waals surface area contributed by atoms with Crippen molar-refractivity contribution in [1.82, 2.24) is 10.2 Å². The second-order valence-corrected chi connectivity index (χ2v) is 5.86. The molecule has 19 heavy (non-hydrogen) atoms. The lowest BCUT2D eigenvalue weighted by Gasteiger charge is -2.34. The summed E-state index contributed by atoms with van der Waals surface area (Å²) in [6.07, 6.45) is 4.58. The maximum atomic E-state index is 12.1. The van der Waals surface area contributed by atoms with Crippen molar-refractivity contribution in [1.29, 1.82) is 0 Å². The van der Waals surface area contributed by atoms with Crippen molar-refractivity contribution in [2.45, 2.75) is 45.1 Å². The summed E-state index contributed by atoms with van der Waals surface area (Å²) in [5, 5.41) is 3.10. The summed E-state index contributed by atoms with van der Waals surface area (Å²) in [4.78, 5) is 25.7. The van der Waals surface area contributed by atoms with Gasteiger partial charge in [-0.15, -0.1) is 0 Å². The molecule has 3 N–H and O–H groups in total. The van der Waals surface area contributed by atoms with Crippen LogP contribution in [0.25, 0.3) is 0 Å². The highest BCUT2D eigenvalue weighted by Gasteiger charge is 2.32. The third-order valence-electron chi connectivity index (χ3n) is 4.12. The number of nitrogens with zero attached hydrogens (tertiary/aromatic N) is 1. The second kappa shape index (κ2) is 6.37. The molecule has 5 heteroatoms. The van der Waals surface area contributed by atoms with Crippen molar-refractivity contribution in [2.75, 3.05) is 19.6 Å². The largest absolute Gasteiger partial charge is 0.353 e. The molecule has 108 valence electrons. The molecule has 1 aliphatic carbocycles. The molecule has 1 aliphatic heterocycles. The number of carbonyl (C=O) groups excluding carboxylic acids is 2. The zero-order valence-corrected chi connectivity index (χ0v) is 11.7. The number of likely N-dealkylation sites (tertiary alicyclic amines) is 1. The Bertz CT molecular complexity index is 334. The van der Waals surface area contributed by atoms with E-state index in [1.54, 1.807) is 0 Å². The summed E-state index contributed by atoms with van der Waals surface area (Å²) >= 11 is 0. The first-order valence-corrected chi connectivity index (χ1v) is 7.41. The van der Waals surface area contributed by atoms with Crippen LogP contribution in [0, 0.1) is 11.8 Å². The molecule has 2 aliphatic rings. The average molecular weight is 267 g/mol. The minimum Gasteiger partial charge on any atom is -0.353 e. The van der Waals surface area contributed by atoms with Crippen LogP contribution in [0.3, 0.4) is 0 Å². The van der Waals surface area contributed by atoms with E-state index in [1.807, 2.05) is 11.8 Å². The number of rotatable bonds is 5. The van der Waals surface area contributed by atoms with Gasteiger partial charge in [-0.1, -0.05) is 6.92 Å². The van der Waals surface area contributed by atoms with Gasteiger partial charge in [0.05, 0.1) is 0 Å². The Morgan fingerprint density at radius 3 is 2.42 bits per heavy atom. The molecule has 2 rings (SSSR count). The molecule has 1 saturated heterocycles. The maximum absolute atomic E-state index is 12.1. The van der Waals surface area contributed by atoms with Crippen molar-refractivity contribution < 1.29 is 9.59 Å². The van der Waals surface area contributed by atoms with Crippen molar-refractivity contribution >= 4 is 11.8 Å². The molecule has 1 atom stereocenters. The lowest BCUT2D eigenvalue weighted by atomic mass is 10.0. The number of piperidine rings is 1. The van der Waals surface area contributed by atoms with Gasteiger partial charge in [0, 0.05) is 31.0 Å². The van der Waals surface area contributed by atoms with Crippen LogP contribution in [0.4, 0.5) is 0 Å². The minimum atomic E-state index is 0.0163. The minimum absolute atomic E-state index is 0.0163. The molecule has 0 bridgehead atoms. The molecule has 0 aromatic heterocycles. The molecule has 2 fully saturated rings. The number of amides is 2. The van der Waals surface area contributed by atoms with Crippen molar-refractivity contribution in [3.8, 4) is 0 Å². The highest BCUT2D eigenvalue weighted by Crippen LogP contribution is 2.29. The monoisotopic (exact) mass is 267 g/mol. The van der Waals surface area contributed by atoms with E-state index in [0.717, 1.165) is 45.2 Å². The molecule has 1 unspecified atom stereocenters. The predicted octanol–water partition coefficient (Wildman–Crippen LogP) is 0.489. The standard InChI is InChI=1S/C14H25N3O2/c1-10(4-7-15)14(19)17-8-5-12(6-9-17)16-13(18)11-2-3-11/h10-12H,2-9,15H2,1H3,(H,16,18). The highest BCUT2D eigenvalue weighted by atomic mass is 16.2. The summed E-state index contributed by atoms with van der Waals surface area (Å²) in [6, 6.07) is 0.252. The summed E-state index contributed by atoms with van der Waals surface area (Å²) in [5.41, 5.74) is 5.49. The van der Waals surface area contributed by atoms with Crippen LogP contribution in [0.2, 0.25) is 0 Å². The van der Waals surface area contributed by atoms with E-state index in [1.165, 1.54) is 0 Å². The number of nitrogens with two attached hydrogens (primary N) is 1. The van der Waals surface area contributed by atoms with Gasteiger partial charge < -0.3 is 16.0 Å². The van der Waals surface area contributed by atoms with Crippen LogP contribution in [-0.2, 0) is 9.59 Å². The van der Waals surface area contributed by atoms with E-state index in [2.05, 4.69) is 5.32 Å². The Morgan fingerprint density at radius 2 is 1.89 bits per heavy atom. The first-order chi connectivity index (χ1) is 9.11. The van der Waals surface area contributed by atoms with Crippen LogP contribution in [0.15, 0.2) is 0 Å². The van der Waals surface area contributed by atoms with E-state index in [-0.39, 0.29) is 29.7 Å². The molecule has 1 heterocycles. The van der Waals surface area contributed by atoms with E-state index in [4.69, 9.17) is 5.73 Å². The van der Waals surface area contributed by atoms with Crippen LogP contribution >= 0.6 is 0 Å². The van der Waals surface area contributed by atoms with Gasteiger partial charge in [-0.25, -0.2) is 0 Å². The van der Waals surface area contributed by atoms with E-state index >= 15 is 0 Å². The van der Waals surface area contributed by atoms with E-state index in [9.17, 15) is 9.59 Å². The van der Waals surface area contributed by atoms with E-state index < -0.39 is 0 Å². The molecule has 0 aromatic carbocycles. The SMILES string of the molecule is CC(CCN)C(=O)N1CCC(NC(=O)C2CC2)CC1. The van der Waals surface area contributed by atoms with Crippen molar-refractivity contribution in [3.63, 3.8) is 0 Å². The predicted molar refractivity (Wildman–Crippen MR) is 73.3 cm³/mol. The molecule has 0 aromatic rings. The first-order valence-electron chi connectivity index (χ1n) is 7.41. The van der Waals surface area contributed by atoms with Gasteiger partial charge in [0.1, 0.15) is 0 Å². The highest BCUT2D eigenvalue weighted by molar-refractivity contribution is 5.81. The maximum Gasteiger partial charge on any atom is 0.225 e. The molecule has 2 amide bonds. The number of nitrogens with one attached hydrogen (secondary N) is 1. The summed E-state index contributed by atoms with van der Waals surface area (Å²) in [6.45, 7) is 4.00. The van der Waals surface area contributed by atoms with Crippen LogP contribution in [0.1, 0.15) is 39.0 Å². The van der Waals surface area contributed by atoms with Crippen LogP contribution in [0.5, 0.6) is 0 Å². The van der Waals surface area contributed by atoms with Gasteiger partial charge in [0.15, 0.2) is 0 Å². The van der Waals surface area contributed by atoms with Gasteiger partial charge in [-0.2, -0.15) is 0 Å². The molecular weight excluding hydrogens is 242 g/mol. The molecule has 5 nitrogen and oxygen atoms in total. The molecular formula is C14H25N3O2. The zero-order chi connectivity index (χ0) is 13.8. The lowest BCUT2D eigenvalue weighted by Crippen LogP contribution is -2.48. The fraction of sp³-hybridized carbons (Fsp3) is 0.857. The normalized spacial score (nSPS) is 22.1. The molecule has 1 saturated carbocycles. The molecule has 0 radical (unpaired) electrons. The summed E-state index contributed by atoms with van der Waals surface area (Å²) in [7, 11) is 0. The average Bonchev–Trinajstić information content (AvgIpc) is 3.23. The van der Waals surface area contributed by atoms with E-state index in [0.29, 0.717) is 6.54 Å². The Hall–Kier alpha value is -1.10. The third-order valence-corrected chi connectivity index (χ3v) is 4.12. The Balaban J connectivity index is 1.72. The van der Waals surface area contributed by atoms with Gasteiger partial charge >= 0.3 is 0 Å². The fourth-order valence-electron chi connectivity index (χ4n) is 2.59. The van der Waals surface area contributed by atoms with Gasteiger partial charge in [-0.3, -0.25) is 9.59 Å². The van der Waals surface area contributed by atoms with Gasteiger partial charge in [-0.05, 0) is 38.6 Å². The Labute approximate surface area is 114 Å². The Morgan fingerprint density at radius 1 is 1.26 bits per heavy atom. The van der Waals surface area contributed by atoms with Gasteiger partial charge in [0.2, 0.25) is 11.8 Å². The third kappa shape index (κ3) is 3.93. The topological polar surface area (TPSA) is 75.4 Å².